The van der Waals surface area contributed by atoms with Gasteiger partial charge in [-0.1, -0.05) is 29.8 Å². The van der Waals surface area contributed by atoms with E-state index >= 15 is 0 Å². The zero-order chi connectivity index (χ0) is 16.2. The molecule has 2 aromatic carbocycles. The van der Waals surface area contributed by atoms with E-state index in [2.05, 4.69) is 20.7 Å². The Morgan fingerprint density at radius 3 is 2.17 bits per heavy atom. The molecule has 0 radical (unpaired) electrons. The van der Waals surface area contributed by atoms with Gasteiger partial charge >= 0.3 is 0 Å². The summed E-state index contributed by atoms with van der Waals surface area (Å²) in [6, 6.07) is 17.1. The van der Waals surface area contributed by atoms with Crippen LogP contribution in [0, 0.1) is 13.8 Å². The summed E-state index contributed by atoms with van der Waals surface area (Å²) in [5, 5.41) is 14.0. The van der Waals surface area contributed by atoms with E-state index in [1.165, 1.54) is 4.80 Å². The minimum atomic E-state index is 0.599. The standard InChI is InChI=1S/C17H16ClN5/c1-12-13(2)22-23(21-12)17(14-8-10-15(18)11-9-14)20-19-16-6-4-3-5-7-16/h3-11,19H,1-2H3/b20-17+. The van der Waals surface area contributed by atoms with Crippen molar-refractivity contribution < 1.29 is 0 Å². The monoisotopic (exact) mass is 325 g/mol. The number of hydrogen-bond donors (Lipinski definition) is 1. The molecule has 3 rings (SSSR count). The maximum atomic E-state index is 5.97. The Labute approximate surface area is 139 Å². The Balaban J connectivity index is 2.00. The highest BCUT2D eigenvalue weighted by atomic mass is 35.5. The van der Waals surface area contributed by atoms with E-state index in [1.54, 1.807) is 0 Å². The highest BCUT2D eigenvalue weighted by molar-refractivity contribution is 6.30. The number of halogens is 1. The molecule has 0 fully saturated rings. The molecular weight excluding hydrogens is 310 g/mol. The third-order valence-corrected chi connectivity index (χ3v) is 3.62. The Morgan fingerprint density at radius 2 is 1.57 bits per heavy atom. The normalized spacial score (nSPS) is 11.5. The maximum Gasteiger partial charge on any atom is 0.201 e. The molecule has 0 bridgehead atoms. The summed E-state index contributed by atoms with van der Waals surface area (Å²) in [5.41, 5.74) is 6.53. The first-order valence-corrected chi connectivity index (χ1v) is 7.57. The Bertz CT molecular complexity index is 802. The minimum absolute atomic E-state index is 0.599. The Morgan fingerprint density at radius 1 is 0.957 bits per heavy atom. The van der Waals surface area contributed by atoms with E-state index in [1.807, 2.05) is 68.4 Å². The summed E-state index contributed by atoms with van der Waals surface area (Å²) in [7, 11) is 0. The summed E-state index contributed by atoms with van der Waals surface area (Å²) >= 11 is 5.97. The molecule has 1 aromatic heterocycles. The van der Waals surface area contributed by atoms with Gasteiger partial charge < -0.3 is 0 Å². The molecule has 0 aliphatic rings. The molecule has 0 unspecified atom stereocenters. The first-order chi connectivity index (χ1) is 11.1. The molecule has 0 saturated carbocycles. The zero-order valence-electron chi connectivity index (χ0n) is 12.9. The van der Waals surface area contributed by atoms with Gasteiger partial charge in [0.25, 0.3) is 0 Å². The van der Waals surface area contributed by atoms with Crippen LogP contribution in [0.5, 0.6) is 0 Å². The molecule has 0 aliphatic heterocycles. The average molecular weight is 326 g/mol. The Hall–Kier alpha value is -2.66. The molecule has 3 aromatic rings. The van der Waals surface area contributed by atoms with Gasteiger partial charge in [0, 0.05) is 10.6 Å². The zero-order valence-corrected chi connectivity index (χ0v) is 13.6. The molecule has 0 atom stereocenters. The SMILES string of the molecule is Cc1nn(/C(=N/Nc2ccccc2)c2ccc(Cl)cc2)nc1C. The average Bonchev–Trinajstić information content (AvgIpc) is 2.89. The van der Waals surface area contributed by atoms with Crippen molar-refractivity contribution in [2.75, 3.05) is 5.43 Å². The number of anilines is 1. The molecule has 0 saturated heterocycles. The summed E-state index contributed by atoms with van der Waals surface area (Å²) in [6.07, 6.45) is 0. The van der Waals surface area contributed by atoms with Crippen LogP contribution in [0.3, 0.4) is 0 Å². The van der Waals surface area contributed by atoms with E-state index in [-0.39, 0.29) is 0 Å². The number of nitrogens with zero attached hydrogens (tertiary/aromatic N) is 4. The first kappa shape index (κ1) is 15.2. The fourth-order valence-electron chi connectivity index (χ4n) is 2.00. The van der Waals surface area contributed by atoms with Crippen LogP contribution in [0.15, 0.2) is 59.7 Å². The lowest BCUT2D eigenvalue weighted by Gasteiger charge is -2.07. The van der Waals surface area contributed by atoms with E-state index in [4.69, 9.17) is 11.6 Å². The Kier molecular flexibility index (Phi) is 4.39. The lowest BCUT2D eigenvalue weighted by Crippen LogP contribution is -2.18. The molecule has 0 amide bonds. The number of benzene rings is 2. The van der Waals surface area contributed by atoms with Crippen LogP contribution in [0.25, 0.3) is 0 Å². The van der Waals surface area contributed by atoms with Crippen molar-refractivity contribution in [1.82, 2.24) is 15.0 Å². The number of para-hydroxylation sites is 1. The second-order valence-corrected chi connectivity index (χ2v) is 5.52. The fourth-order valence-corrected chi connectivity index (χ4v) is 2.13. The fraction of sp³-hybridized carbons (Fsp3) is 0.118. The van der Waals surface area contributed by atoms with E-state index in [0.29, 0.717) is 10.9 Å². The molecule has 1 N–H and O–H groups in total. The third-order valence-electron chi connectivity index (χ3n) is 3.37. The second kappa shape index (κ2) is 6.62. The molecule has 0 aliphatic carbocycles. The smallest absolute Gasteiger partial charge is 0.201 e. The topological polar surface area (TPSA) is 55.1 Å². The van der Waals surface area contributed by atoms with Gasteiger partial charge in [-0.2, -0.15) is 15.3 Å². The van der Waals surface area contributed by atoms with Crippen molar-refractivity contribution in [1.29, 1.82) is 0 Å². The van der Waals surface area contributed by atoms with Crippen molar-refractivity contribution >= 4 is 23.1 Å². The van der Waals surface area contributed by atoms with Crippen molar-refractivity contribution in [2.45, 2.75) is 13.8 Å². The number of hydrazone groups is 1. The molecule has 6 heteroatoms. The number of hydrogen-bond acceptors (Lipinski definition) is 4. The molecule has 5 nitrogen and oxygen atoms in total. The van der Waals surface area contributed by atoms with Crippen LogP contribution < -0.4 is 5.43 Å². The van der Waals surface area contributed by atoms with Gasteiger partial charge in [0.1, 0.15) is 0 Å². The van der Waals surface area contributed by atoms with E-state index < -0.39 is 0 Å². The number of nitrogens with one attached hydrogen (secondary N) is 1. The second-order valence-electron chi connectivity index (χ2n) is 5.08. The lowest BCUT2D eigenvalue weighted by molar-refractivity contribution is 0.783. The predicted octanol–water partition coefficient (Wildman–Crippen LogP) is 3.87. The van der Waals surface area contributed by atoms with Crippen molar-refractivity contribution in [3.8, 4) is 0 Å². The number of aryl methyl sites for hydroxylation is 2. The van der Waals surface area contributed by atoms with Crippen LogP contribution in [-0.2, 0) is 0 Å². The quantitative estimate of drug-likeness (QED) is 0.452. The van der Waals surface area contributed by atoms with Gasteiger partial charge in [-0.3, -0.25) is 5.43 Å². The van der Waals surface area contributed by atoms with Crippen molar-refractivity contribution in [3.63, 3.8) is 0 Å². The molecule has 116 valence electrons. The molecular formula is C17H16ClN5. The van der Waals surface area contributed by atoms with Crippen LogP contribution in [0.4, 0.5) is 5.69 Å². The van der Waals surface area contributed by atoms with Gasteiger partial charge in [0.15, 0.2) is 0 Å². The van der Waals surface area contributed by atoms with Gasteiger partial charge in [-0.05, 0) is 50.2 Å². The number of rotatable bonds is 3. The van der Waals surface area contributed by atoms with Crippen molar-refractivity contribution in [3.05, 3.63) is 76.6 Å². The summed E-state index contributed by atoms with van der Waals surface area (Å²) < 4.78 is 0. The molecule has 0 spiro atoms. The molecule has 1 heterocycles. The summed E-state index contributed by atoms with van der Waals surface area (Å²) in [6.45, 7) is 3.84. The minimum Gasteiger partial charge on any atom is -0.276 e. The summed E-state index contributed by atoms with van der Waals surface area (Å²) in [5.74, 6) is 0.599. The largest absolute Gasteiger partial charge is 0.276 e. The lowest BCUT2D eigenvalue weighted by atomic mass is 10.2. The van der Waals surface area contributed by atoms with E-state index in [0.717, 1.165) is 22.6 Å². The van der Waals surface area contributed by atoms with E-state index in [9.17, 15) is 0 Å². The first-order valence-electron chi connectivity index (χ1n) is 7.19. The molecule has 23 heavy (non-hydrogen) atoms. The highest BCUT2D eigenvalue weighted by Gasteiger charge is 2.11. The maximum absolute atomic E-state index is 5.97. The third kappa shape index (κ3) is 3.57. The van der Waals surface area contributed by atoms with Gasteiger partial charge in [-0.15, -0.1) is 4.80 Å². The predicted molar refractivity (Wildman–Crippen MR) is 92.9 cm³/mol. The van der Waals surface area contributed by atoms with Crippen LogP contribution in [0.2, 0.25) is 5.02 Å². The number of aromatic nitrogens is 3. The summed E-state index contributed by atoms with van der Waals surface area (Å²) in [4.78, 5) is 1.53. The van der Waals surface area contributed by atoms with Gasteiger partial charge in [-0.25, -0.2) is 0 Å². The van der Waals surface area contributed by atoms with Crippen molar-refractivity contribution in [2.24, 2.45) is 5.10 Å². The van der Waals surface area contributed by atoms with Crippen LogP contribution >= 0.6 is 11.6 Å². The van der Waals surface area contributed by atoms with Gasteiger partial charge in [0.2, 0.25) is 5.84 Å². The highest BCUT2D eigenvalue weighted by Crippen LogP contribution is 2.13. The van der Waals surface area contributed by atoms with Crippen LogP contribution in [0.1, 0.15) is 17.0 Å². The van der Waals surface area contributed by atoms with Gasteiger partial charge in [0.05, 0.1) is 17.1 Å². The van der Waals surface area contributed by atoms with Crippen LogP contribution in [-0.4, -0.2) is 20.8 Å².